The van der Waals surface area contributed by atoms with Crippen LogP contribution < -0.4 is 10.6 Å². The summed E-state index contributed by atoms with van der Waals surface area (Å²) in [5.41, 5.74) is 1.14. The minimum atomic E-state index is 0.500. The van der Waals surface area contributed by atoms with Gasteiger partial charge in [-0.05, 0) is 13.0 Å². The predicted molar refractivity (Wildman–Crippen MR) is 91.7 cm³/mol. The third-order valence-electron chi connectivity index (χ3n) is 3.30. The van der Waals surface area contributed by atoms with Crippen molar-refractivity contribution in [3.63, 3.8) is 0 Å². The van der Waals surface area contributed by atoms with Gasteiger partial charge in [-0.3, -0.25) is 0 Å². The molecule has 7 nitrogen and oxygen atoms in total. The van der Waals surface area contributed by atoms with Crippen molar-refractivity contribution in [3.8, 4) is 0 Å². The van der Waals surface area contributed by atoms with E-state index in [2.05, 4.69) is 41.7 Å². The lowest BCUT2D eigenvalue weighted by Crippen LogP contribution is -2.26. The summed E-state index contributed by atoms with van der Waals surface area (Å²) in [4.78, 5) is 0. The summed E-state index contributed by atoms with van der Waals surface area (Å²) < 4.78 is 13.0. The molecule has 0 fully saturated rings. The van der Waals surface area contributed by atoms with E-state index in [0.29, 0.717) is 25.9 Å². The van der Waals surface area contributed by atoms with Crippen LogP contribution >= 0.6 is 0 Å². The Bertz CT molecular complexity index is 384. The predicted octanol–water partition coefficient (Wildman–Crippen LogP) is 0.851. The highest BCUT2D eigenvalue weighted by atomic mass is 16.5. The second-order valence-corrected chi connectivity index (χ2v) is 5.78. The zero-order valence-corrected chi connectivity index (χ0v) is 14.9. The number of ether oxygens (including phenoxy) is 2. The van der Waals surface area contributed by atoms with Crippen LogP contribution in [0.1, 0.15) is 32.9 Å². The van der Waals surface area contributed by atoms with Gasteiger partial charge in [-0.2, -0.15) is 0 Å². The van der Waals surface area contributed by atoms with Crippen molar-refractivity contribution in [1.29, 1.82) is 0 Å². The molecule has 1 heterocycles. The Morgan fingerprint density at radius 1 is 1.09 bits per heavy atom. The molecule has 0 saturated carbocycles. The highest BCUT2D eigenvalue weighted by Gasteiger charge is 2.04. The maximum Gasteiger partial charge on any atom is 0.0725 e. The van der Waals surface area contributed by atoms with Gasteiger partial charge in [0.1, 0.15) is 0 Å². The van der Waals surface area contributed by atoms with Crippen LogP contribution in [0, 0.1) is 0 Å². The topological polar surface area (TPSA) is 73.2 Å². The Kier molecular flexibility index (Phi) is 11.7. The Hall–Kier alpha value is -1.02. The molecular formula is C16H33N5O2. The van der Waals surface area contributed by atoms with E-state index in [1.54, 1.807) is 0 Å². The van der Waals surface area contributed by atoms with Gasteiger partial charge in [0.05, 0.1) is 44.9 Å². The van der Waals surface area contributed by atoms with Crippen LogP contribution in [0.3, 0.4) is 0 Å². The summed E-state index contributed by atoms with van der Waals surface area (Å²) in [6, 6.07) is 0.500. The van der Waals surface area contributed by atoms with Crippen molar-refractivity contribution in [3.05, 3.63) is 11.9 Å². The third kappa shape index (κ3) is 10.4. The number of hydrogen-bond donors (Lipinski definition) is 2. The van der Waals surface area contributed by atoms with E-state index in [1.807, 2.05) is 10.9 Å². The van der Waals surface area contributed by atoms with Crippen LogP contribution in [-0.4, -0.2) is 67.1 Å². The van der Waals surface area contributed by atoms with Crippen molar-refractivity contribution in [2.24, 2.45) is 0 Å². The lowest BCUT2D eigenvalue weighted by molar-refractivity contribution is 0.0447. The average molecular weight is 327 g/mol. The standard InChI is InChI=1S/C16H33N5O2/c1-4-6-17-8-10-22-12-13-23-11-9-21-16(14-19-20-21)5-7-18-15(2)3/h14-15,17-18H,4-13H2,1-3H3. The van der Waals surface area contributed by atoms with Crippen LogP contribution in [0.2, 0.25) is 0 Å². The molecule has 0 saturated heterocycles. The average Bonchev–Trinajstić information content (AvgIpc) is 2.96. The molecule has 1 aromatic heterocycles. The Balaban J connectivity index is 2.00. The molecule has 0 spiro atoms. The Morgan fingerprint density at radius 3 is 2.61 bits per heavy atom. The number of hydrogen-bond acceptors (Lipinski definition) is 6. The monoisotopic (exact) mass is 327 g/mol. The second-order valence-electron chi connectivity index (χ2n) is 5.78. The van der Waals surface area contributed by atoms with Crippen LogP contribution in [0.25, 0.3) is 0 Å². The number of nitrogens with one attached hydrogen (secondary N) is 2. The highest BCUT2D eigenvalue weighted by molar-refractivity contribution is 4.94. The van der Waals surface area contributed by atoms with Crippen LogP contribution in [0.5, 0.6) is 0 Å². The summed E-state index contributed by atoms with van der Waals surface area (Å²) in [7, 11) is 0. The zero-order chi connectivity index (χ0) is 16.8. The quantitative estimate of drug-likeness (QED) is 0.465. The van der Waals surface area contributed by atoms with E-state index >= 15 is 0 Å². The number of nitrogens with zero attached hydrogens (tertiary/aromatic N) is 3. The number of aromatic nitrogens is 3. The van der Waals surface area contributed by atoms with Crippen molar-refractivity contribution in [2.45, 2.75) is 46.2 Å². The molecule has 7 heteroatoms. The van der Waals surface area contributed by atoms with Gasteiger partial charge in [0.25, 0.3) is 0 Å². The maximum atomic E-state index is 5.58. The summed E-state index contributed by atoms with van der Waals surface area (Å²) in [5, 5.41) is 14.8. The summed E-state index contributed by atoms with van der Waals surface area (Å²) in [6.45, 7) is 12.7. The lowest BCUT2D eigenvalue weighted by atomic mass is 10.3. The fraction of sp³-hybridized carbons (Fsp3) is 0.875. The summed E-state index contributed by atoms with van der Waals surface area (Å²) in [6.07, 6.45) is 3.91. The normalized spacial score (nSPS) is 11.5. The first-order valence-corrected chi connectivity index (χ1v) is 8.71. The first-order valence-electron chi connectivity index (χ1n) is 8.71. The zero-order valence-electron chi connectivity index (χ0n) is 14.9. The van der Waals surface area contributed by atoms with Crippen molar-refractivity contribution in [1.82, 2.24) is 25.6 Å². The van der Waals surface area contributed by atoms with Gasteiger partial charge >= 0.3 is 0 Å². The Labute approximate surface area is 140 Å². The lowest BCUT2D eigenvalue weighted by Gasteiger charge is -2.10. The smallest absolute Gasteiger partial charge is 0.0725 e. The van der Waals surface area contributed by atoms with E-state index < -0.39 is 0 Å². The molecule has 0 aromatic carbocycles. The first-order chi connectivity index (χ1) is 11.2. The van der Waals surface area contributed by atoms with E-state index in [1.165, 1.54) is 0 Å². The van der Waals surface area contributed by atoms with Gasteiger partial charge in [-0.15, -0.1) is 5.10 Å². The molecule has 1 aromatic rings. The van der Waals surface area contributed by atoms with E-state index in [9.17, 15) is 0 Å². The summed E-state index contributed by atoms with van der Waals surface area (Å²) in [5.74, 6) is 0. The van der Waals surface area contributed by atoms with E-state index in [4.69, 9.17) is 9.47 Å². The molecule has 0 amide bonds. The van der Waals surface area contributed by atoms with E-state index in [0.717, 1.165) is 51.3 Å². The molecule has 0 aliphatic heterocycles. The van der Waals surface area contributed by atoms with Crippen molar-refractivity contribution >= 4 is 0 Å². The fourth-order valence-electron chi connectivity index (χ4n) is 2.07. The van der Waals surface area contributed by atoms with Crippen molar-refractivity contribution < 1.29 is 9.47 Å². The number of rotatable bonds is 15. The first kappa shape index (κ1) is 20.0. The van der Waals surface area contributed by atoms with E-state index in [-0.39, 0.29) is 0 Å². The van der Waals surface area contributed by atoms with Crippen LogP contribution in [0.15, 0.2) is 6.20 Å². The molecule has 0 radical (unpaired) electrons. The molecule has 0 bridgehead atoms. The van der Waals surface area contributed by atoms with Crippen LogP contribution in [-0.2, 0) is 22.4 Å². The largest absolute Gasteiger partial charge is 0.378 e. The highest BCUT2D eigenvalue weighted by Crippen LogP contribution is 1.97. The van der Waals surface area contributed by atoms with Gasteiger partial charge in [0, 0.05) is 25.6 Å². The van der Waals surface area contributed by atoms with Crippen molar-refractivity contribution in [2.75, 3.05) is 46.1 Å². The molecule has 0 atom stereocenters. The molecule has 23 heavy (non-hydrogen) atoms. The molecule has 0 aliphatic rings. The molecule has 0 unspecified atom stereocenters. The third-order valence-corrected chi connectivity index (χ3v) is 3.30. The molecule has 0 aliphatic carbocycles. The molecule has 2 N–H and O–H groups in total. The van der Waals surface area contributed by atoms with Gasteiger partial charge in [-0.25, -0.2) is 4.68 Å². The maximum absolute atomic E-state index is 5.58. The van der Waals surface area contributed by atoms with Crippen LogP contribution in [0.4, 0.5) is 0 Å². The SMILES string of the molecule is CCCNCCOCCOCCn1nncc1CCNC(C)C. The minimum absolute atomic E-state index is 0.500. The minimum Gasteiger partial charge on any atom is -0.378 e. The van der Waals surface area contributed by atoms with Gasteiger partial charge < -0.3 is 20.1 Å². The molecule has 134 valence electrons. The molecule has 1 rings (SSSR count). The second kappa shape index (κ2) is 13.4. The Morgan fingerprint density at radius 2 is 1.87 bits per heavy atom. The fourth-order valence-corrected chi connectivity index (χ4v) is 2.07. The van der Waals surface area contributed by atoms with Gasteiger partial charge in [-0.1, -0.05) is 26.0 Å². The van der Waals surface area contributed by atoms with Gasteiger partial charge in [0.15, 0.2) is 0 Å². The molecular weight excluding hydrogens is 294 g/mol. The van der Waals surface area contributed by atoms with Gasteiger partial charge in [0.2, 0.25) is 0 Å². The summed E-state index contributed by atoms with van der Waals surface area (Å²) >= 11 is 0.